The Morgan fingerprint density at radius 1 is 0.926 bits per heavy atom. The fourth-order valence-electron chi connectivity index (χ4n) is 4.58. The van der Waals surface area contributed by atoms with Gasteiger partial charge in [0.05, 0.1) is 12.2 Å². The summed E-state index contributed by atoms with van der Waals surface area (Å²) in [5, 5.41) is 0. The lowest BCUT2D eigenvalue weighted by atomic mass is 10.0. The summed E-state index contributed by atoms with van der Waals surface area (Å²) in [7, 11) is 0. The van der Waals surface area contributed by atoms with Crippen LogP contribution in [0.4, 0.5) is 0 Å². The predicted octanol–water partition coefficient (Wildman–Crippen LogP) is 6.06. The van der Waals surface area contributed by atoms with Gasteiger partial charge in [-0.3, -0.25) is 4.79 Å². The maximum Gasteiger partial charge on any atom is 0.308 e. The highest BCUT2D eigenvalue weighted by molar-refractivity contribution is 5.70. The summed E-state index contributed by atoms with van der Waals surface area (Å²) in [4.78, 5) is 11.9. The first kappa shape index (κ1) is 21.1. The summed E-state index contributed by atoms with van der Waals surface area (Å²) in [5.74, 6) is -0.559. The second-order valence-electron chi connectivity index (χ2n) is 8.86. The van der Waals surface area contributed by atoms with Gasteiger partial charge in [-0.25, -0.2) is 0 Å². The van der Waals surface area contributed by atoms with E-state index in [-0.39, 0.29) is 12.1 Å². The van der Waals surface area contributed by atoms with Crippen LogP contribution in [0.5, 0.6) is 0 Å². The van der Waals surface area contributed by atoms with E-state index in [0.717, 1.165) is 32.1 Å². The second-order valence-corrected chi connectivity index (χ2v) is 8.86. The Hall–Kier alpha value is -0.610. The van der Waals surface area contributed by atoms with Crippen molar-refractivity contribution in [2.24, 2.45) is 0 Å². The van der Waals surface area contributed by atoms with Crippen LogP contribution in [0.25, 0.3) is 0 Å². The highest BCUT2D eigenvalue weighted by Gasteiger charge is 2.63. The quantitative estimate of drug-likeness (QED) is 0.186. The van der Waals surface area contributed by atoms with E-state index in [9.17, 15) is 4.79 Å². The minimum Gasteiger partial charge on any atom is -0.430 e. The van der Waals surface area contributed by atoms with Crippen molar-refractivity contribution in [2.45, 2.75) is 140 Å². The molecule has 4 atom stereocenters. The Labute approximate surface area is 165 Å². The molecule has 2 aliphatic heterocycles. The van der Waals surface area contributed by atoms with Gasteiger partial charge in [0.2, 0.25) is 5.79 Å². The van der Waals surface area contributed by atoms with Crippen LogP contribution in [0.2, 0.25) is 0 Å². The summed E-state index contributed by atoms with van der Waals surface area (Å²) in [5.41, 5.74) is 0. The lowest BCUT2D eigenvalue weighted by Crippen LogP contribution is -2.20. The molecule has 0 aromatic heterocycles. The van der Waals surface area contributed by atoms with Gasteiger partial charge in [0.15, 0.2) is 0 Å². The van der Waals surface area contributed by atoms with Gasteiger partial charge in [0, 0.05) is 12.8 Å². The SMILES string of the molecule is CCCCCCCCC1OC1CCCCCCCC(=O)OC12CCCC1O2. The Morgan fingerprint density at radius 2 is 1.56 bits per heavy atom. The number of epoxide rings is 2. The fraction of sp³-hybridized carbons (Fsp3) is 0.957. The molecule has 4 unspecified atom stereocenters. The summed E-state index contributed by atoms with van der Waals surface area (Å²) in [6.45, 7) is 2.27. The van der Waals surface area contributed by atoms with Crippen molar-refractivity contribution >= 4 is 5.97 Å². The number of ether oxygens (including phenoxy) is 3. The van der Waals surface area contributed by atoms with E-state index in [2.05, 4.69) is 6.92 Å². The minimum absolute atomic E-state index is 0.0664. The number of hydrogen-bond acceptors (Lipinski definition) is 4. The van der Waals surface area contributed by atoms with Gasteiger partial charge in [-0.05, 0) is 32.1 Å². The van der Waals surface area contributed by atoms with Gasteiger partial charge in [0.1, 0.15) is 6.10 Å². The van der Waals surface area contributed by atoms with Crippen LogP contribution in [-0.2, 0) is 19.0 Å². The van der Waals surface area contributed by atoms with Gasteiger partial charge >= 0.3 is 5.97 Å². The molecule has 27 heavy (non-hydrogen) atoms. The van der Waals surface area contributed by atoms with Crippen LogP contribution >= 0.6 is 0 Å². The Balaban J connectivity index is 1.06. The van der Waals surface area contributed by atoms with Crippen molar-refractivity contribution in [2.75, 3.05) is 0 Å². The van der Waals surface area contributed by atoms with E-state index in [0.29, 0.717) is 18.6 Å². The van der Waals surface area contributed by atoms with Crippen LogP contribution < -0.4 is 0 Å². The van der Waals surface area contributed by atoms with Gasteiger partial charge in [-0.15, -0.1) is 0 Å². The van der Waals surface area contributed by atoms with Crippen molar-refractivity contribution in [1.29, 1.82) is 0 Å². The monoisotopic (exact) mass is 380 g/mol. The maximum absolute atomic E-state index is 11.9. The summed E-state index contributed by atoms with van der Waals surface area (Å²) < 4.78 is 16.8. The van der Waals surface area contributed by atoms with E-state index in [1.165, 1.54) is 70.6 Å². The predicted molar refractivity (Wildman–Crippen MR) is 107 cm³/mol. The van der Waals surface area contributed by atoms with E-state index in [1.54, 1.807) is 0 Å². The molecule has 2 saturated heterocycles. The molecule has 0 aromatic rings. The molecule has 0 radical (unpaired) electrons. The minimum atomic E-state index is -0.493. The molecule has 1 aliphatic carbocycles. The van der Waals surface area contributed by atoms with E-state index >= 15 is 0 Å². The molecule has 4 heteroatoms. The molecule has 3 rings (SSSR count). The van der Waals surface area contributed by atoms with E-state index in [4.69, 9.17) is 14.2 Å². The molecule has 2 heterocycles. The number of rotatable bonds is 16. The molecule has 3 fully saturated rings. The summed E-state index contributed by atoms with van der Waals surface area (Å²) in [6, 6.07) is 0. The van der Waals surface area contributed by atoms with Crippen molar-refractivity contribution in [3.63, 3.8) is 0 Å². The highest BCUT2D eigenvalue weighted by Crippen LogP contribution is 2.50. The van der Waals surface area contributed by atoms with Crippen molar-refractivity contribution in [3.8, 4) is 0 Å². The number of esters is 1. The number of fused-ring (bicyclic) bond motifs is 1. The third-order valence-electron chi connectivity index (χ3n) is 6.45. The highest BCUT2D eigenvalue weighted by atomic mass is 16.8. The number of unbranched alkanes of at least 4 members (excludes halogenated alkanes) is 9. The number of carbonyl (C=O) groups excluding carboxylic acids is 1. The molecule has 3 aliphatic rings. The third-order valence-corrected chi connectivity index (χ3v) is 6.45. The standard InChI is InChI=1S/C23H40O4/c1-2-3-4-5-7-10-14-19-20(25-19)15-11-8-6-9-12-17-22(24)27-23-18-13-16-21(23)26-23/h19-21H,2-18H2,1H3. The van der Waals surface area contributed by atoms with Crippen LogP contribution in [0.3, 0.4) is 0 Å². The average Bonchev–Trinajstić information content (AvgIpc) is 3.53. The largest absolute Gasteiger partial charge is 0.430 e. The van der Waals surface area contributed by atoms with Gasteiger partial charge in [-0.1, -0.05) is 71.1 Å². The van der Waals surface area contributed by atoms with Gasteiger partial charge < -0.3 is 14.2 Å². The Bertz CT molecular complexity index is 452. The Morgan fingerprint density at radius 3 is 2.15 bits per heavy atom. The molecular formula is C23H40O4. The molecular weight excluding hydrogens is 340 g/mol. The first-order valence-electron chi connectivity index (χ1n) is 11.8. The van der Waals surface area contributed by atoms with Crippen LogP contribution in [-0.4, -0.2) is 30.1 Å². The van der Waals surface area contributed by atoms with Gasteiger partial charge in [-0.2, -0.15) is 0 Å². The van der Waals surface area contributed by atoms with Gasteiger partial charge in [0.25, 0.3) is 0 Å². The Kier molecular flexibility index (Phi) is 8.45. The first-order chi connectivity index (χ1) is 13.2. The van der Waals surface area contributed by atoms with Crippen molar-refractivity contribution in [1.82, 2.24) is 0 Å². The summed E-state index contributed by atoms with van der Waals surface area (Å²) in [6.07, 6.45) is 21.5. The molecule has 0 N–H and O–H groups in total. The second kappa shape index (κ2) is 10.8. The molecule has 0 bridgehead atoms. The fourth-order valence-corrected chi connectivity index (χ4v) is 4.58. The molecule has 0 aromatic carbocycles. The van der Waals surface area contributed by atoms with Crippen LogP contribution in [0.15, 0.2) is 0 Å². The zero-order valence-corrected chi connectivity index (χ0v) is 17.4. The zero-order valence-electron chi connectivity index (χ0n) is 17.4. The third kappa shape index (κ3) is 7.05. The number of carbonyl (C=O) groups is 1. The van der Waals surface area contributed by atoms with E-state index < -0.39 is 5.79 Å². The number of hydrogen-bond donors (Lipinski definition) is 0. The lowest BCUT2D eigenvalue weighted by Gasteiger charge is -2.10. The normalized spacial score (nSPS) is 30.9. The first-order valence-corrected chi connectivity index (χ1v) is 11.8. The molecule has 1 saturated carbocycles. The van der Waals surface area contributed by atoms with Crippen LogP contribution in [0.1, 0.15) is 116 Å². The lowest BCUT2D eigenvalue weighted by molar-refractivity contribution is -0.159. The summed E-state index contributed by atoms with van der Waals surface area (Å²) >= 11 is 0. The van der Waals surface area contributed by atoms with Crippen molar-refractivity contribution in [3.05, 3.63) is 0 Å². The molecule has 0 spiro atoms. The molecule has 4 nitrogen and oxygen atoms in total. The smallest absolute Gasteiger partial charge is 0.308 e. The van der Waals surface area contributed by atoms with E-state index in [1.807, 2.05) is 0 Å². The zero-order chi connectivity index (χ0) is 19.0. The molecule has 156 valence electrons. The maximum atomic E-state index is 11.9. The average molecular weight is 381 g/mol. The topological polar surface area (TPSA) is 51.4 Å². The molecule has 0 amide bonds. The van der Waals surface area contributed by atoms with Crippen molar-refractivity contribution < 1.29 is 19.0 Å². The van der Waals surface area contributed by atoms with Crippen LogP contribution in [0, 0.1) is 0 Å².